The first-order chi connectivity index (χ1) is 13.5. The van der Waals surface area contributed by atoms with Crippen molar-refractivity contribution in [3.8, 4) is 0 Å². The summed E-state index contributed by atoms with van der Waals surface area (Å²) in [6.45, 7) is 13.4. The van der Waals surface area contributed by atoms with Crippen LogP contribution in [0.5, 0.6) is 0 Å². The van der Waals surface area contributed by atoms with E-state index in [-0.39, 0.29) is 23.8 Å². The summed E-state index contributed by atoms with van der Waals surface area (Å²) in [4.78, 5) is 24.0. The third kappa shape index (κ3) is 13.2. The number of ketones is 1. The number of nitrogens with one attached hydrogen (secondary N) is 1. The van der Waals surface area contributed by atoms with Gasteiger partial charge in [-0.2, -0.15) is 0 Å². The van der Waals surface area contributed by atoms with Crippen molar-refractivity contribution in [2.45, 2.75) is 79.2 Å². The first-order valence-electron chi connectivity index (χ1n) is 11.1. The van der Waals surface area contributed by atoms with Crippen LogP contribution in [0.4, 0.5) is 0 Å². The molecule has 1 saturated carbocycles. The van der Waals surface area contributed by atoms with E-state index in [2.05, 4.69) is 12.2 Å². The predicted molar refractivity (Wildman–Crippen MR) is 112 cm³/mol. The molecule has 1 N–H and O–H groups in total. The topological polar surface area (TPSA) is 73.9 Å². The minimum absolute atomic E-state index is 0.0255. The zero-order chi connectivity index (χ0) is 21.2. The average Bonchev–Trinajstić information content (AvgIpc) is 2.71. The van der Waals surface area contributed by atoms with Crippen LogP contribution in [0, 0.1) is 11.8 Å². The fraction of sp³-hybridized carbons (Fsp3) is 0.909. The molecule has 1 amide bonds. The molecule has 0 radical (unpaired) electrons. The smallest absolute Gasteiger partial charge is 0.222 e. The van der Waals surface area contributed by atoms with Crippen LogP contribution in [0.3, 0.4) is 0 Å². The molecule has 0 spiro atoms. The van der Waals surface area contributed by atoms with Crippen LogP contribution in [0.15, 0.2) is 0 Å². The molecule has 1 aliphatic carbocycles. The number of carbonyl (C=O) groups excluding carboxylic acids is 2. The summed E-state index contributed by atoms with van der Waals surface area (Å²) in [5.41, 5.74) is 0. The number of carbonyl (C=O) groups is 2. The van der Waals surface area contributed by atoms with Gasteiger partial charge in [-0.05, 0) is 32.1 Å². The molecule has 0 aromatic rings. The molecule has 1 aliphatic rings. The van der Waals surface area contributed by atoms with Crippen molar-refractivity contribution < 1.29 is 23.8 Å². The highest BCUT2D eigenvalue weighted by atomic mass is 16.5. The van der Waals surface area contributed by atoms with Crippen LogP contribution in [0.25, 0.3) is 0 Å². The molecule has 6 nitrogen and oxygen atoms in total. The largest absolute Gasteiger partial charge is 0.379 e. The predicted octanol–water partition coefficient (Wildman–Crippen LogP) is 3.76. The molecule has 0 saturated heterocycles. The Morgan fingerprint density at radius 1 is 0.857 bits per heavy atom. The summed E-state index contributed by atoms with van der Waals surface area (Å²) >= 11 is 0. The molecule has 28 heavy (non-hydrogen) atoms. The Kier molecular flexibility index (Phi) is 17.4. The number of Topliss-reactive ketones (excluding diaryl/α,β-unsaturated/α-hetero) is 1. The zero-order valence-corrected chi connectivity index (χ0v) is 18.8. The molecular formula is C22H43NO5. The molecule has 0 aliphatic heterocycles. The van der Waals surface area contributed by atoms with Crippen molar-refractivity contribution in [3.63, 3.8) is 0 Å². The van der Waals surface area contributed by atoms with Gasteiger partial charge in [0, 0.05) is 30.9 Å². The van der Waals surface area contributed by atoms with Crippen molar-refractivity contribution in [1.29, 1.82) is 0 Å². The second kappa shape index (κ2) is 18.1. The first-order valence-corrected chi connectivity index (χ1v) is 11.1. The zero-order valence-electron chi connectivity index (χ0n) is 18.8. The maximum Gasteiger partial charge on any atom is 0.222 e. The Morgan fingerprint density at radius 3 is 1.86 bits per heavy atom. The van der Waals surface area contributed by atoms with Crippen LogP contribution >= 0.6 is 0 Å². The van der Waals surface area contributed by atoms with E-state index in [9.17, 15) is 9.59 Å². The lowest BCUT2D eigenvalue weighted by Gasteiger charge is -2.29. The van der Waals surface area contributed by atoms with Crippen LogP contribution < -0.4 is 5.32 Å². The maximum absolute atomic E-state index is 12.0. The van der Waals surface area contributed by atoms with Gasteiger partial charge in [0.05, 0.1) is 33.0 Å². The Hall–Kier alpha value is -0.980. The summed E-state index contributed by atoms with van der Waals surface area (Å²) in [6, 6.07) is 0.199. The van der Waals surface area contributed by atoms with Crippen molar-refractivity contribution in [2.75, 3.05) is 39.6 Å². The minimum atomic E-state index is 0.0255. The highest BCUT2D eigenvalue weighted by molar-refractivity contribution is 5.83. The van der Waals surface area contributed by atoms with Gasteiger partial charge in [-0.25, -0.2) is 0 Å². The molecular weight excluding hydrogens is 358 g/mol. The van der Waals surface area contributed by atoms with Crippen molar-refractivity contribution >= 4 is 11.7 Å². The van der Waals surface area contributed by atoms with E-state index < -0.39 is 0 Å². The van der Waals surface area contributed by atoms with Crippen LogP contribution in [-0.4, -0.2) is 57.4 Å². The van der Waals surface area contributed by atoms with Crippen LogP contribution in [-0.2, 0) is 23.8 Å². The van der Waals surface area contributed by atoms with E-state index in [1.54, 1.807) is 0 Å². The monoisotopic (exact) mass is 401 g/mol. The lowest BCUT2D eigenvalue weighted by Crippen LogP contribution is -2.39. The standard InChI is InChI=1S/C20H37NO5.C2H6/c1-4-10-24-12-14-26-15-13-25-11-9-19(22)21-18-7-5-17(6-8-18)20(23)16(2)3;1-2/h16-18H,4-15H2,1-3H3,(H,21,22);1-2H3. The molecule has 0 bridgehead atoms. The van der Waals surface area contributed by atoms with Crippen molar-refractivity contribution in [2.24, 2.45) is 11.8 Å². The highest BCUT2D eigenvalue weighted by Gasteiger charge is 2.28. The Balaban J connectivity index is 0.00000352. The van der Waals surface area contributed by atoms with Gasteiger partial charge in [0.2, 0.25) is 5.91 Å². The normalized spacial score (nSPS) is 19.1. The summed E-state index contributed by atoms with van der Waals surface area (Å²) < 4.78 is 16.1. The maximum atomic E-state index is 12.0. The molecule has 0 aromatic heterocycles. The van der Waals surface area contributed by atoms with Gasteiger partial charge < -0.3 is 19.5 Å². The van der Waals surface area contributed by atoms with E-state index in [0.717, 1.165) is 38.7 Å². The van der Waals surface area contributed by atoms with Gasteiger partial charge in [0.15, 0.2) is 0 Å². The summed E-state index contributed by atoms with van der Waals surface area (Å²) in [7, 11) is 0. The Labute approximate surface area is 172 Å². The lowest BCUT2D eigenvalue weighted by molar-refractivity contribution is -0.127. The number of hydrogen-bond acceptors (Lipinski definition) is 5. The van der Waals surface area contributed by atoms with Crippen molar-refractivity contribution in [1.82, 2.24) is 5.32 Å². The van der Waals surface area contributed by atoms with E-state index in [1.807, 2.05) is 27.7 Å². The summed E-state index contributed by atoms with van der Waals surface area (Å²) in [5, 5.41) is 3.06. The number of rotatable bonds is 14. The van der Waals surface area contributed by atoms with Gasteiger partial charge in [0.25, 0.3) is 0 Å². The molecule has 1 fully saturated rings. The van der Waals surface area contributed by atoms with Gasteiger partial charge in [0.1, 0.15) is 5.78 Å². The lowest BCUT2D eigenvalue weighted by atomic mass is 9.80. The number of hydrogen-bond donors (Lipinski definition) is 1. The van der Waals surface area contributed by atoms with Gasteiger partial charge in [-0.3, -0.25) is 9.59 Å². The van der Waals surface area contributed by atoms with Gasteiger partial charge in [-0.1, -0.05) is 34.6 Å². The summed E-state index contributed by atoms with van der Waals surface area (Å²) in [6.07, 6.45) is 4.94. The Bertz CT molecular complexity index is 392. The SMILES string of the molecule is CC.CCCOCCOCCOCCC(=O)NC1CCC(C(=O)C(C)C)CC1. The second-order valence-electron chi connectivity index (χ2n) is 7.26. The van der Waals surface area contributed by atoms with Crippen LogP contribution in [0.1, 0.15) is 73.1 Å². The van der Waals surface area contributed by atoms with E-state index in [0.29, 0.717) is 45.2 Å². The molecule has 0 unspecified atom stereocenters. The third-order valence-corrected chi connectivity index (χ3v) is 4.63. The van der Waals surface area contributed by atoms with Gasteiger partial charge in [-0.15, -0.1) is 0 Å². The second-order valence-corrected chi connectivity index (χ2v) is 7.26. The minimum Gasteiger partial charge on any atom is -0.379 e. The molecule has 166 valence electrons. The molecule has 0 aromatic carbocycles. The molecule has 0 heterocycles. The highest BCUT2D eigenvalue weighted by Crippen LogP contribution is 2.27. The van der Waals surface area contributed by atoms with E-state index in [4.69, 9.17) is 14.2 Å². The average molecular weight is 402 g/mol. The fourth-order valence-electron chi connectivity index (χ4n) is 3.14. The number of amides is 1. The fourth-order valence-corrected chi connectivity index (χ4v) is 3.14. The molecule has 6 heteroatoms. The molecule has 1 rings (SSSR count). The van der Waals surface area contributed by atoms with Crippen LogP contribution in [0.2, 0.25) is 0 Å². The third-order valence-electron chi connectivity index (χ3n) is 4.63. The number of ether oxygens (including phenoxy) is 3. The quantitative estimate of drug-likeness (QED) is 0.449. The van der Waals surface area contributed by atoms with Crippen molar-refractivity contribution in [3.05, 3.63) is 0 Å². The summed E-state index contributed by atoms with van der Waals surface area (Å²) in [5.74, 6) is 0.676. The first kappa shape index (κ1) is 27.0. The Morgan fingerprint density at radius 2 is 1.36 bits per heavy atom. The van der Waals surface area contributed by atoms with E-state index >= 15 is 0 Å². The molecule has 0 atom stereocenters. The van der Waals surface area contributed by atoms with E-state index in [1.165, 1.54) is 0 Å². The van der Waals surface area contributed by atoms with Gasteiger partial charge >= 0.3 is 0 Å².